The minimum atomic E-state index is -0.0352. The van der Waals surface area contributed by atoms with Crippen molar-refractivity contribution in [1.29, 1.82) is 0 Å². The molecule has 2 aliphatic rings. The summed E-state index contributed by atoms with van der Waals surface area (Å²) >= 11 is 0. The molecule has 23 heavy (non-hydrogen) atoms. The highest BCUT2D eigenvalue weighted by atomic mass is 16.3. The van der Waals surface area contributed by atoms with E-state index in [1.54, 1.807) is 6.20 Å². The van der Waals surface area contributed by atoms with Gasteiger partial charge in [0.1, 0.15) is 0 Å². The number of hydrogen-bond acceptors (Lipinski definition) is 3. The first-order valence-electron chi connectivity index (χ1n) is 8.64. The highest BCUT2D eigenvalue weighted by molar-refractivity contribution is 5.34. The SMILES string of the molecule is CN(Cc1ccc(-n2ccnc2)cc1)C1C[C@H]2CC(O)C[C@H]2C1. The topological polar surface area (TPSA) is 41.3 Å². The van der Waals surface area contributed by atoms with Gasteiger partial charge in [0.05, 0.1) is 12.4 Å². The van der Waals surface area contributed by atoms with E-state index in [0.717, 1.165) is 36.9 Å². The Labute approximate surface area is 137 Å². The zero-order valence-corrected chi connectivity index (χ0v) is 13.7. The molecule has 2 fully saturated rings. The summed E-state index contributed by atoms with van der Waals surface area (Å²) in [6, 6.07) is 9.41. The van der Waals surface area contributed by atoms with Gasteiger partial charge in [0.25, 0.3) is 0 Å². The summed E-state index contributed by atoms with van der Waals surface area (Å²) in [6.45, 7) is 0.997. The molecule has 1 heterocycles. The van der Waals surface area contributed by atoms with Gasteiger partial charge in [-0.2, -0.15) is 0 Å². The van der Waals surface area contributed by atoms with Crippen LogP contribution in [-0.2, 0) is 6.54 Å². The molecule has 0 bridgehead atoms. The first kappa shape index (κ1) is 14.9. The zero-order valence-electron chi connectivity index (χ0n) is 13.7. The van der Waals surface area contributed by atoms with Gasteiger partial charge >= 0.3 is 0 Å². The molecule has 122 valence electrons. The van der Waals surface area contributed by atoms with Crippen LogP contribution in [0.4, 0.5) is 0 Å². The Hall–Kier alpha value is -1.65. The maximum Gasteiger partial charge on any atom is 0.0991 e. The molecule has 2 aliphatic carbocycles. The largest absolute Gasteiger partial charge is 0.393 e. The highest BCUT2D eigenvalue weighted by Gasteiger charge is 2.42. The normalized spacial score (nSPS) is 30.0. The molecule has 2 unspecified atom stereocenters. The molecule has 4 rings (SSSR count). The van der Waals surface area contributed by atoms with Crippen molar-refractivity contribution in [3.63, 3.8) is 0 Å². The summed E-state index contributed by atoms with van der Waals surface area (Å²) < 4.78 is 2.02. The van der Waals surface area contributed by atoms with E-state index < -0.39 is 0 Å². The van der Waals surface area contributed by atoms with E-state index in [2.05, 4.69) is 41.2 Å². The Morgan fingerprint density at radius 1 is 1.13 bits per heavy atom. The summed E-state index contributed by atoms with van der Waals surface area (Å²) in [7, 11) is 2.24. The van der Waals surface area contributed by atoms with E-state index in [9.17, 15) is 5.11 Å². The minimum Gasteiger partial charge on any atom is -0.393 e. The summed E-state index contributed by atoms with van der Waals surface area (Å²) in [5.41, 5.74) is 2.51. The lowest BCUT2D eigenvalue weighted by atomic mass is 10.0. The highest BCUT2D eigenvalue weighted by Crippen LogP contribution is 2.45. The zero-order chi connectivity index (χ0) is 15.8. The molecular weight excluding hydrogens is 286 g/mol. The van der Waals surface area contributed by atoms with E-state index in [0.29, 0.717) is 6.04 Å². The fourth-order valence-electron chi connectivity index (χ4n) is 4.51. The van der Waals surface area contributed by atoms with E-state index in [4.69, 9.17) is 0 Å². The average molecular weight is 311 g/mol. The van der Waals surface area contributed by atoms with Crippen LogP contribution in [0.15, 0.2) is 43.0 Å². The Morgan fingerprint density at radius 3 is 2.43 bits per heavy atom. The van der Waals surface area contributed by atoms with Gasteiger partial charge in [-0.25, -0.2) is 4.98 Å². The summed E-state index contributed by atoms with van der Waals surface area (Å²) in [5, 5.41) is 9.78. The third-order valence-electron chi connectivity index (χ3n) is 5.76. The Morgan fingerprint density at radius 2 is 1.83 bits per heavy atom. The van der Waals surface area contributed by atoms with E-state index in [1.807, 2.05) is 17.1 Å². The van der Waals surface area contributed by atoms with Gasteiger partial charge in [-0.1, -0.05) is 12.1 Å². The molecule has 1 aromatic heterocycles. The Kier molecular flexibility index (Phi) is 3.95. The van der Waals surface area contributed by atoms with Gasteiger partial charge in [0.15, 0.2) is 0 Å². The van der Waals surface area contributed by atoms with Crippen LogP contribution < -0.4 is 0 Å². The molecule has 0 saturated heterocycles. The van der Waals surface area contributed by atoms with Gasteiger partial charge < -0.3 is 9.67 Å². The van der Waals surface area contributed by atoms with E-state index >= 15 is 0 Å². The van der Waals surface area contributed by atoms with Crippen molar-refractivity contribution in [2.24, 2.45) is 11.8 Å². The fraction of sp³-hybridized carbons (Fsp3) is 0.526. The van der Waals surface area contributed by atoms with Crippen LogP contribution in [0.5, 0.6) is 0 Å². The molecular formula is C19H25N3O. The Bertz CT molecular complexity index is 623. The summed E-state index contributed by atoms with van der Waals surface area (Å²) in [4.78, 5) is 6.59. The molecule has 4 nitrogen and oxygen atoms in total. The predicted octanol–water partition coefficient (Wildman–Crippen LogP) is 2.85. The second kappa shape index (κ2) is 6.10. The smallest absolute Gasteiger partial charge is 0.0991 e. The quantitative estimate of drug-likeness (QED) is 0.944. The lowest BCUT2D eigenvalue weighted by Gasteiger charge is -2.25. The van der Waals surface area contributed by atoms with Crippen molar-refractivity contribution in [2.75, 3.05) is 7.05 Å². The van der Waals surface area contributed by atoms with Gasteiger partial charge in [0.2, 0.25) is 0 Å². The number of aliphatic hydroxyl groups excluding tert-OH is 1. The number of imidazole rings is 1. The first-order valence-corrected chi connectivity index (χ1v) is 8.64. The van der Waals surface area contributed by atoms with Crippen LogP contribution in [0.25, 0.3) is 5.69 Å². The van der Waals surface area contributed by atoms with Crippen LogP contribution in [0.3, 0.4) is 0 Å². The van der Waals surface area contributed by atoms with Crippen LogP contribution in [0, 0.1) is 11.8 Å². The minimum absolute atomic E-state index is 0.0352. The maximum absolute atomic E-state index is 9.78. The molecule has 0 radical (unpaired) electrons. The molecule has 2 saturated carbocycles. The van der Waals surface area contributed by atoms with Gasteiger partial charge in [-0.05, 0) is 62.3 Å². The second-order valence-electron chi connectivity index (χ2n) is 7.32. The van der Waals surface area contributed by atoms with E-state index in [1.165, 1.54) is 18.4 Å². The molecule has 4 heteroatoms. The van der Waals surface area contributed by atoms with Crippen LogP contribution in [0.2, 0.25) is 0 Å². The van der Waals surface area contributed by atoms with Crippen molar-refractivity contribution in [3.05, 3.63) is 48.5 Å². The number of rotatable bonds is 4. The average Bonchev–Trinajstić information content (AvgIpc) is 3.23. The molecule has 4 atom stereocenters. The van der Waals surface area contributed by atoms with E-state index in [-0.39, 0.29) is 6.10 Å². The van der Waals surface area contributed by atoms with Gasteiger partial charge in [-0.15, -0.1) is 0 Å². The standard InChI is InChI=1S/C19H25N3O/c1-21(18-8-15-10-19(23)11-16(15)9-18)12-14-2-4-17(5-3-14)22-7-6-20-13-22/h2-7,13,15-16,18-19,23H,8-12H2,1H3/t15-,16+,18?,19?. The third kappa shape index (κ3) is 3.06. The number of nitrogens with zero attached hydrogens (tertiary/aromatic N) is 3. The second-order valence-corrected chi connectivity index (χ2v) is 7.32. The molecule has 1 N–H and O–H groups in total. The van der Waals surface area contributed by atoms with Crippen LogP contribution in [0.1, 0.15) is 31.2 Å². The number of aromatic nitrogens is 2. The molecule has 2 aromatic rings. The van der Waals surface area contributed by atoms with Crippen molar-refractivity contribution in [3.8, 4) is 5.69 Å². The molecule has 0 spiro atoms. The molecule has 0 amide bonds. The van der Waals surface area contributed by atoms with Crippen LogP contribution in [-0.4, -0.2) is 38.8 Å². The first-order chi connectivity index (χ1) is 11.2. The number of hydrogen-bond donors (Lipinski definition) is 1. The maximum atomic E-state index is 9.78. The van der Waals surface area contributed by atoms with Crippen molar-refractivity contribution in [2.45, 2.75) is 44.4 Å². The van der Waals surface area contributed by atoms with Gasteiger partial charge in [0, 0.05) is 30.7 Å². The predicted molar refractivity (Wildman–Crippen MR) is 90.3 cm³/mol. The lowest BCUT2D eigenvalue weighted by molar-refractivity contribution is 0.158. The van der Waals surface area contributed by atoms with Crippen molar-refractivity contribution >= 4 is 0 Å². The third-order valence-corrected chi connectivity index (χ3v) is 5.76. The van der Waals surface area contributed by atoms with Crippen molar-refractivity contribution in [1.82, 2.24) is 14.5 Å². The lowest BCUT2D eigenvalue weighted by Crippen LogP contribution is -2.29. The summed E-state index contributed by atoms with van der Waals surface area (Å²) in [6.07, 6.45) is 10.1. The van der Waals surface area contributed by atoms with Crippen LogP contribution >= 0.6 is 0 Å². The number of benzene rings is 1. The Balaban J connectivity index is 1.37. The number of aliphatic hydroxyl groups is 1. The van der Waals surface area contributed by atoms with Gasteiger partial charge in [-0.3, -0.25) is 4.90 Å². The van der Waals surface area contributed by atoms with Crippen molar-refractivity contribution < 1.29 is 5.11 Å². The molecule has 1 aromatic carbocycles. The fourth-order valence-corrected chi connectivity index (χ4v) is 4.51. The molecule has 0 aliphatic heterocycles. The monoisotopic (exact) mass is 311 g/mol. The number of fused-ring (bicyclic) bond motifs is 1. The summed E-state index contributed by atoms with van der Waals surface area (Å²) in [5.74, 6) is 1.50.